The average Bonchev–Trinajstić information content (AvgIpc) is 3.01. The number of rotatable bonds is 1. The summed E-state index contributed by atoms with van der Waals surface area (Å²) in [6.07, 6.45) is -3.44. The summed E-state index contributed by atoms with van der Waals surface area (Å²) in [5.41, 5.74) is 1.75. The van der Waals surface area contributed by atoms with E-state index in [9.17, 15) is 22.8 Å². The van der Waals surface area contributed by atoms with Crippen molar-refractivity contribution in [1.29, 1.82) is 0 Å². The van der Waals surface area contributed by atoms with Gasteiger partial charge in [0.2, 0.25) is 5.91 Å². The molecule has 0 bridgehead atoms. The maximum absolute atomic E-state index is 12.9. The van der Waals surface area contributed by atoms with E-state index in [1.165, 1.54) is 0 Å². The van der Waals surface area contributed by atoms with Gasteiger partial charge in [0, 0.05) is 18.8 Å². The number of para-hydroxylation sites is 1. The Balaban J connectivity index is 1.87. The minimum atomic E-state index is -4.95. The second kappa shape index (κ2) is 6.11. The van der Waals surface area contributed by atoms with Crippen LogP contribution in [0.2, 0.25) is 0 Å². The summed E-state index contributed by atoms with van der Waals surface area (Å²) in [4.78, 5) is 26.8. The largest absolute Gasteiger partial charge is 0.471 e. The molecule has 24 heavy (non-hydrogen) atoms. The van der Waals surface area contributed by atoms with Gasteiger partial charge >= 0.3 is 12.1 Å². The molecule has 0 aliphatic carbocycles. The molecule has 2 unspecified atom stereocenters. The van der Waals surface area contributed by atoms with Crippen molar-refractivity contribution < 1.29 is 22.8 Å². The quantitative estimate of drug-likeness (QED) is 0.789. The summed E-state index contributed by atoms with van der Waals surface area (Å²) in [5.74, 6) is -2.11. The van der Waals surface area contributed by atoms with Crippen LogP contribution in [-0.4, -0.2) is 42.0 Å². The Morgan fingerprint density at radius 2 is 1.92 bits per heavy atom. The van der Waals surface area contributed by atoms with E-state index >= 15 is 0 Å². The van der Waals surface area contributed by atoms with Gasteiger partial charge in [0.25, 0.3) is 0 Å². The van der Waals surface area contributed by atoms with Gasteiger partial charge in [-0.1, -0.05) is 25.1 Å². The second-order valence-corrected chi connectivity index (χ2v) is 6.54. The normalized spacial score (nSPS) is 24.0. The van der Waals surface area contributed by atoms with E-state index in [0.29, 0.717) is 17.9 Å². The summed E-state index contributed by atoms with van der Waals surface area (Å²) in [6, 6.07) is 6.40. The molecule has 1 aromatic rings. The van der Waals surface area contributed by atoms with Crippen LogP contribution in [-0.2, 0) is 16.0 Å². The first-order valence-corrected chi connectivity index (χ1v) is 8.06. The minimum Gasteiger partial charge on any atom is -0.323 e. The number of fused-ring (bicyclic) bond motifs is 1. The molecule has 2 amide bonds. The fourth-order valence-corrected chi connectivity index (χ4v) is 3.61. The molecule has 0 N–H and O–H groups in total. The molecule has 1 fully saturated rings. The third-order valence-electron chi connectivity index (χ3n) is 4.65. The zero-order valence-corrected chi connectivity index (χ0v) is 13.3. The Labute approximate surface area is 138 Å². The van der Waals surface area contributed by atoms with Crippen molar-refractivity contribution in [2.24, 2.45) is 5.92 Å². The molecular weight excluding hydrogens is 321 g/mol. The van der Waals surface area contributed by atoms with Gasteiger partial charge in [-0.3, -0.25) is 9.59 Å². The third-order valence-corrected chi connectivity index (χ3v) is 4.65. The second-order valence-electron chi connectivity index (χ2n) is 6.54. The van der Waals surface area contributed by atoms with Crippen LogP contribution in [0.4, 0.5) is 18.9 Å². The smallest absolute Gasteiger partial charge is 0.323 e. The van der Waals surface area contributed by atoms with E-state index in [1.807, 2.05) is 31.2 Å². The fourth-order valence-electron chi connectivity index (χ4n) is 3.61. The Hall–Kier alpha value is -2.05. The van der Waals surface area contributed by atoms with Crippen LogP contribution in [0.5, 0.6) is 0 Å². The molecule has 0 radical (unpaired) electrons. The summed E-state index contributed by atoms with van der Waals surface area (Å²) in [6.45, 7) is 2.43. The van der Waals surface area contributed by atoms with Crippen LogP contribution in [0.3, 0.4) is 0 Å². The monoisotopic (exact) mass is 340 g/mol. The zero-order chi connectivity index (χ0) is 17.5. The summed E-state index contributed by atoms with van der Waals surface area (Å²) >= 11 is 0. The first-order valence-electron chi connectivity index (χ1n) is 8.06. The van der Waals surface area contributed by atoms with E-state index in [2.05, 4.69) is 0 Å². The molecule has 2 heterocycles. The molecule has 0 spiro atoms. The van der Waals surface area contributed by atoms with Crippen molar-refractivity contribution in [3.05, 3.63) is 29.8 Å². The molecule has 1 aromatic carbocycles. The van der Waals surface area contributed by atoms with E-state index in [1.54, 1.807) is 4.90 Å². The average molecular weight is 340 g/mol. The van der Waals surface area contributed by atoms with Gasteiger partial charge in [-0.05, 0) is 36.8 Å². The van der Waals surface area contributed by atoms with E-state index in [0.717, 1.165) is 17.7 Å². The lowest BCUT2D eigenvalue weighted by Gasteiger charge is -2.36. The SMILES string of the molecule is CC1Cc2ccccc2N(C(=O)C2CCCN2C(=O)C(F)(F)F)C1. The van der Waals surface area contributed by atoms with Crippen molar-refractivity contribution in [2.75, 3.05) is 18.0 Å². The number of alkyl halides is 3. The van der Waals surface area contributed by atoms with Crippen LogP contribution in [0.25, 0.3) is 0 Å². The number of hydrogen-bond acceptors (Lipinski definition) is 2. The summed E-state index contributed by atoms with van der Waals surface area (Å²) in [5, 5.41) is 0. The molecule has 4 nitrogen and oxygen atoms in total. The van der Waals surface area contributed by atoms with Gasteiger partial charge in [-0.15, -0.1) is 0 Å². The standard InChI is InChI=1S/C17H19F3N2O2/c1-11-9-12-5-2-3-6-13(12)22(10-11)15(23)14-7-4-8-21(14)16(24)17(18,19)20/h2-3,5-6,11,14H,4,7-10H2,1H3. The molecule has 3 rings (SSSR count). The van der Waals surface area contributed by atoms with Crippen molar-refractivity contribution in [3.63, 3.8) is 0 Å². The maximum Gasteiger partial charge on any atom is 0.471 e. The van der Waals surface area contributed by atoms with Crippen molar-refractivity contribution in [2.45, 2.75) is 38.4 Å². The van der Waals surface area contributed by atoms with E-state index in [-0.39, 0.29) is 18.9 Å². The van der Waals surface area contributed by atoms with Gasteiger partial charge in [0.05, 0.1) is 0 Å². The van der Waals surface area contributed by atoms with Gasteiger partial charge in [0.1, 0.15) is 6.04 Å². The molecule has 0 saturated carbocycles. The number of hydrogen-bond donors (Lipinski definition) is 0. The number of carbonyl (C=O) groups excluding carboxylic acids is 2. The van der Waals surface area contributed by atoms with Crippen LogP contribution >= 0.6 is 0 Å². The van der Waals surface area contributed by atoms with E-state index in [4.69, 9.17) is 0 Å². The minimum absolute atomic E-state index is 0.0280. The van der Waals surface area contributed by atoms with Crippen LogP contribution < -0.4 is 4.90 Å². The number of halogens is 3. The predicted molar refractivity (Wildman–Crippen MR) is 82.5 cm³/mol. The molecule has 2 aliphatic heterocycles. The Bertz CT molecular complexity index is 659. The number of likely N-dealkylation sites (tertiary alicyclic amines) is 1. The van der Waals surface area contributed by atoms with Crippen molar-refractivity contribution in [3.8, 4) is 0 Å². The number of nitrogens with zero attached hydrogens (tertiary/aromatic N) is 2. The lowest BCUT2D eigenvalue weighted by molar-refractivity contribution is -0.186. The lowest BCUT2D eigenvalue weighted by Crippen LogP contribution is -2.53. The fraction of sp³-hybridized carbons (Fsp3) is 0.529. The first kappa shape index (κ1) is 16.8. The van der Waals surface area contributed by atoms with Crippen LogP contribution in [0.1, 0.15) is 25.3 Å². The highest BCUT2D eigenvalue weighted by molar-refractivity contribution is 6.01. The van der Waals surface area contributed by atoms with Crippen molar-refractivity contribution >= 4 is 17.5 Å². The van der Waals surface area contributed by atoms with Crippen LogP contribution in [0.15, 0.2) is 24.3 Å². The van der Waals surface area contributed by atoms with Gasteiger partial charge in [0.15, 0.2) is 0 Å². The molecule has 7 heteroatoms. The van der Waals surface area contributed by atoms with Crippen molar-refractivity contribution in [1.82, 2.24) is 4.90 Å². The van der Waals surface area contributed by atoms with Gasteiger partial charge in [-0.25, -0.2) is 0 Å². The zero-order valence-electron chi connectivity index (χ0n) is 13.3. The number of amides is 2. The van der Waals surface area contributed by atoms with Crippen LogP contribution in [0, 0.1) is 5.92 Å². The predicted octanol–water partition coefficient (Wildman–Crippen LogP) is 2.77. The molecule has 2 aliphatic rings. The number of benzene rings is 1. The molecule has 2 atom stereocenters. The molecule has 130 valence electrons. The third kappa shape index (κ3) is 2.99. The highest BCUT2D eigenvalue weighted by Gasteiger charge is 2.48. The highest BCUT2D eigenvalue weighted by Crippen LogP contribution is 2.33. The number of carbonyl (C=O) groups is 2. The lowest BCUT2D eigenvalue weighted by atomic mass is 9.93. The maximum atomic E-state index is 12.9. The Morgan fingerprint density at radius 1 is 1.21 bits per heavy atom. The summed E-state index contributed by atoms with van der Waals surface area (Å²) in [7, 11) is 0. The first-order chi connectivity index (χ1) is 11.3. The highest BCUT2D eigenvalue weighted by atomic mass is 19.4. The molecule has 0 aromatic heterocycles. The van der Waals surface area contributed by atoms with E-state index < -0.39 is 24.0 Å². The molecular formula is C17H19F3N2O2. The van der Waals surface area contributed by atoms with Gasteiger partial charge < -0.3 is 9.80 Å². The Morgan fingerprint density at radius 3 is 2.62 bits per heavy atom. The molecule has 1 saturated heterocycles. The Kier molecular flexibility index (Phi) is 4.27. The van der Waals surface area contributed by atoms with Gasteiger partial charge in [-0.2, -0.15) is 13.2 Å². The number of anilines is 1. The topological polar surface area (TPSA) is 40.6 Å². The summed E-state index contributed by atoms with van der Waals surface area (Å²) < 4.78 is 38.3.